The number of aryl methyl sites for hydroxylation is 2. The zero-order chi connectivity index (χ0) is 18.5. The molecule has 0 fully saturated rings. The molecule has 5 rings (SSSR count). The Morgan fingerprint density at radius 2 is 2.04 bits per heavy atom. The SMILES string of the molecule is COc1cccc2c1c(-c1ccnn1C)nn1c(-c3cc(C)on3)nnc21. The molecule has 5 aromatic rings. The minimum absolute atomic E-state index is 0.509. The summed E-state index contributed by atoms with van der Waals surface area (Å²) in [7, 11) is 3.51. The van der Waals surface area contributed by atoms with Crippen molar-refractivity contribution in [3.8, 4) is 28.7 Å². The van der Waals surface area contributed by atoms with Gasteiger partial charge in [0.1, 0.15) is 17.2 Å². The maximum Gasteiger partial charge on any atom is 0.207 e. The van der Waals surface area contributed by atoms with Gasteiger partial charge in [-0.2, -0.15) is 14.7 Å². The number of aromatic nitrogens is 7. The lowest BCUT2D eigenvalue weighted by molar-refractivity contribution is 0.399. The van der Waals surface area contributed by atoms with Crippen LogP contribution in [0.4, 0.5) is 0 Å². The van der Waals surface area contributed by atoms with Crippen molar-refractivity contribution in [3.05, 3.63) is 42.3 Å². The highest BCUT2D eigenvalue weighted by atomic mass is 16.5. The third kappa shape index (κ3) is 2.21. The fourth-order valence-electron chi connectivity index (χ4n) is 3.24. The van der Waals surface area contributed by atoms with E-state index < -0.39 is 0 Å². The smallest absolute Gasteiger partial charge is 0.207 e. The highest BCUT2D eigenvalue weighted by molar-refractivity contribution is 6.05. The van der Waals surface area contributed by atoms with Crippen LogP contribution in [0, 0.1) is 6.92 Å². The molecule has 0 spiro atoms. The highest BCUT2D eigenvalue weighted by Gasteiger charge is 2.21. The van der Waals surface area contributed by atoms with Gasteiger partial charge in [-0.25, -0.2) is 0 Å². The van der Waals surface area contributed by atoms with E-state index in [0.29, 0.717) is 28.7 Å². The van der Waals surface area contributed by atoms with E-state index in [1.165, 1.54) is 0 Å². The number of hydrogen-bond acceptors (Lipinski definition) is 7. The van der Waals surface area contributed by atoms with Crippen molar-refractivity contribution in [2.75, 3.05) is 7.11 Å². The van der Waals surface area contributed by atoms with Gasteiger partial charge in [0.25, 0.3) is 0 Å². The van der Waals surface area contributed by atoms with Gasteiger partial charge in [0.05, 0.1) is 18.2 Å². The fraction of sp³-hybridized carbons (Fsp3) is 0.167. The molecule has 0 bridgehead atoms. The Hall–Kier alpha value is -3.75. The Kier molecular flexibility index (Phi) is 3.23. The number of fused-ring (bicyclic) bond motifs is 3. The first kappa shape index (κ1) is 15.5. The summed E-state index contributed by atoms with van der Waals surface area (Å²) in [4.78, 5) is 0. The van der Waals surface area contributed by atoms with Crippen LogP contribution in [0.5, 0.6) is 5.75 Å². The normalized spacial score (nSPS) is 11.5. The molecule has 134 valence electrons. The maximum atomic E-state index is 5.60. The zero-order valence-electron chi connectivity index (χ0n) is 14.9. The van der Waals surface area contributed by atoms with Gasteiger partial charge in [-0.05, 0) is 19.1 Å². The number of benzene rings is 1. The third-order valence-corrected chi connectivity index (χ3v) is 4.49. The van der Waals surface area contributed by atoms with Crippen molar-refractivity contribution in [1.29, 1.82) is 0 Å². The van der Waals surface area contributed by atoms with E-state index in [1.54, 1.807) is 28.6 Å². The Morgan fingerprint density at radius 1 is 1.15 bits per heavy atom. The van der Waals surface area contributed by atoms with E-state index in [-0.39, 0.29) is 0 Å². The second-order valence-corrected chi connectivity index (χ2v) is 6.15. The van der Waals surface area contributed by atoms with Gasteiger partial charge in [-0.3, -0.25) is 4.68 Å². The van der Waals surface area contributed by atoms with Gasteiger partial charge in [0, 0.05) is 24.7 Å². The summed E-state index contributed by atoms with van der Waals surface area (Å²) in [6.45, 7) is 1.83. The van der Waals surface area contributed by atoms with Crippen LogP contribution in [-0.2, 0) is 7.05 Å². The summed E-state index contributed by atoms with van der Waals surface area (Å²) in [5, 5.41) is 23.5. The Labute approximate surface area is 153 Å². The molecule has 4 heterocycles. The monoisotopic (exact) mass is 361 g/mol. The van der Waals surface area contributed by atoms with E-state index in [0.717, 1.165) is 22.2 Å². The second-order valence-electron chi connectivity index (χ2n) is 6.15. The van der Waals surface area contributed by atoms with Gasteiger partial charge >= 0.3 is 0 Å². The number of rotatable bonds is 3. The van der Waals surface area contributed by atoms with Gasteiger partial charge in [-0.15, -0.1) is 10.2 Å². The Balaban J connectivity index is 1.94. The maximum absolute atomic E-state index is 5.60. The highest BCUT2D eigenvalue weighted by Crippen LogP contribution is 2.36. The number of ether oxygens (including phenoxy) is 1. The number of methoxy groups -OCH3 is 1. The molecule has 4 aromatic heterocycles. The van der Waals surface area contributed by atoms with Gasteiger partial charge in [0.2, 0.25) is 5.82 Å². The molecule has 0 unspecified atom stereocenters. The van der Waals surface area contributed by atoms with E-state index >= 15 is 0 Å². The van der Waals surface area contributed by atoms with E-state index in [2.05, 4.69) is 20.5 Å². The van der Waals surface area contributed by atoms with E-state index in [1.807, 2.05) is 38.2 Å². The topological polar surface area (TPSA) is 96.2 Å². The largest absolute Gasteiger partial charge is 0.496 e. The van der Waals surface area contributed by atoms with Gasteiger partial charge < -0.3 is 9.26 Å². The van der Waals surface area contributed by atoms with Crippen LogP contribution in [0.2, 0.25) is 0 Å². The number of nitrogens with zero attached hydrogens (tertiary/aromatic N) is 7. The first-order chi connectivity index (χ1) is 13.2. The van der Waals surface area contributed by atoms with Crippen molar-refractivity contribution in [3.63, 3.8) is 0 Å². The predicted octanol–water partition coefficient (Wildman–Crippen LogP) is 2.65. The molecule has 1 aromatic carbocycles. The minimum Gasteiger partial charge on any atom is -0.496 e. The van der Waals surface area contributed by atoms with Crippen molar-refractivity contribution >= 4 is 16.4 Å². The van der Waals surface area contributed by atoms with Crippen LogP contribution in [-0.4, -0.2) is 41.9 Å². The molecule has 0 N–H and O–H groups in total. The minimum atomic E-state index is 0.509. The standard InChI is InChI=1S/C18H15N7O2/c1-10-9-12(23-27-10)18-21-20-17-11-5-4-6-14(26-3)15(11)16(22-25(17)18)13-7-8-19-24(13)2/h4-9H,1-3H3. The van der Waals surface area contributed by atoms with Crippen LogP contribution < -0.4 is 4.74 Å². The fourth-order valence-corrected chi connectivity index (χ4v) is 3.24. The predicted molar refractivity (Wildman–Crippen MR) is 97.3 cm³/mol. The van der Waals surface area contributed by atoms with Crippen molar-refractivity contribution in [2.45, 2.75) is 6.92 Å². The van der Waals surface area contributed by atoms with Crippen LogP contribution in [0.3, 0.4) is 0 Å². The van der Waals surface area contributed by atoms with E-state index in [9.17, 15) is 0 Å². The molecule has 0 amide bonds. The van der Waals surface area contributed by atoms with Gasteiger partial charge in [0.15, 0.2) is 11.3 Å². The average Bonchev–Trinajstić information content (AvgIpc) is 3.39. The number of hydrogen-bond donors (Lipinski definition) is 0. The van der Waals surface area contributed by atoms with Crippen molar-refractivity contribution in [2.24, 2.45) is 7.05 Å². The molecule has 0 aliphatic heterocycles. The molecular formula is C18H15N7O2. The molecule has 0 saturated carbocycles. The first-order valence-corrected chi connectivity index (χ1v) is 8.31. The van der Waals surface area contributed by atoms with Gasteiger partial charge in [-0.1, -0.05) is 17.3 Å². The van der Waals surface area contributed by atoms with Crippen molar-refractivity contribution in [1.82, 2.24) is 34.7 Å². The molecule has 9 heteroatoms. The van der Waals surface area contributed by atoms with E-state index in [4.69, 9.17) is 14.4 Å². The molecule has 9 nitrogen and oxygen atoms in total. The zero-order valence-corrected chi connectivity index (χ0v) is 14.9. The molecule has 0 aliphatic carbocycles. The summed E-state index contributed by atoms with van der Waals surface area (Å²) >= 11 is 0. The lowest BCUT2D eigenvalue weighted by Crippen LogP contribution is -2.03. The molecule has 27 heavy (non-hydrogen) atoms. The van der Waals surface area contributed by atoms with Crippen LogP contribution in [0.25, 0.3) is 39.3 Å². The summed E-state index contributed by atoms with van der Waals surface area (Å²) in [5.41, 5.74) is 2.76. The summed E-state index contributed by atoms with van der Waals surface area (Å²) in [5.74, 6) is 1.91. The van der Waals surface area contributed by atoms with Crippen LogP contribution in [0.15, 0.2) is 41.1 Å². The summed E-state index contributed by atoms with van der Waals surface area (Å²) < 4.78 is 14.2. The molecule has 0 saturated heterocycles. The summed E-state index contributed by atoms with van der Waals surface area (Å²) in [6, 6.07) is 9.50. The Morgan fingerprint density at radius 3 is 2.74 bits per heavy atom. The molecular weight excluding hydrogens is 346 g/mol. The molecule has 0 aliphatic rings. The van der Waals surface area contributed by atoms with Crippen LogP contribution >= 0.6 is 0 Å². The first-order valence-electron chi connectivity index (χ1n) is 8.31. The second kappa shape index (κ2) is 5.63. The lowest BCUT2D eigenvalue weighted by Gasteiger charge is -2.11. The summed E-state index contributed by atoms with van der Waals surface area (Å²) in [6.07, 6.45) is 1.73. The molecule has 0 radical (unpaired) electrons. The Bertz CT molecular complexity index is 1300. The van der Waals surface area contributed by atoms with Crippen LogP contribution in [0.1, 0.15) is 5.76 Å². The average molecular weight is 361 g/mol. The lowest BCUT2D eigenvalue weighted by atomic mass is 10.1. The van der Waals surface area contributed by atoms with Crippen molar-refractivity contribution < 1.29 is 9.26 Å². The quantitative estimate of drug-likeness (QED) is 0.487. The molecule has 0 atom stereocenters. The third-order valence-electron chi connectivity index (χ3n) is 4.49.